The molecule has 0 aliphatic heterocycles. The fraction of sp³-hybridized carbons (Fsp3) is 0.167. The minimum absolute atomic E-state index is 0.254. The van der Waals surface area contributed by atoms with Crippen molar-refractivity contribution in [3.05, 3.63) is 18.1 Å². The zero-order valence-corrected chi connectivity index (χ0v) is 6.60. The van der Waals surface area contributed by atoms with Gasteiger partial charge in [0.2, 0.25) is 5.88 Å². The van der Waals surface area contributed by atoms with E-state index < -0.39 is 18.3 Å². The Morgan fingerprint density at radius 3 is 2.46 bits per heavy atom. The van der Waals surface area contributed by atoms with Gasteiger partial charge in [-0.3, -0.25) is 0 Å². The lowest BCUT2D eigenvalue weighted by molar-refractivity contribution is 0.395. The van der Waals surface area contributed by atoms with E-state index in [1.165, 1.54) is 0 Å². The Hall–Kier alpha value is -1.27. The standard InChI is InChI=1S/C6H5BF4NO/c1-13-6-2-4(7(9,10)11)5(8)3-12-6/h2-3H,1H3/q-1. The van der Waals surface area contributed by atoms with E-state index in [4.69, 9.17) is 0 Å². The van der Waals surface area contributed by atoms with Crippen molar-refractivity contribution in [3.8, 4) is 5.88 Å². The molecule has 0 aliphatic carbocycles. The highest BCUT2D eigenvalue weighted by atomic mass is 19.4. The maximum atomic E-state index is 12.6. The van der Waals surface area contributed by atoms with Crippen LogP contribution in [0.4, 0.5) is 17.3 Å². The Morgan fingerprint density at radius 2 is 2.00 bits per heavy atom. The van der Waals surface area contributed by atoms with Gasteiger partial charge in [0.15, 0.2) is 0 Å². The largest absolute Gasteiger partial charge is 0.512 e. The maximum Gasteiger partial charge on any atom is 0.512 e. The third kappa shape index (κ3) is 2.10. The molecule has 0 radical (unpaired) electrons. The zero-order chi connectivity index (χ0) is 10.1. The number of hydrogen-bond acceptors (Lipinski definition) is 2. The van der Waals surface area contributed by atoms with Gasteiger partial charge in [0.1, 0.15) is 5.82 Å². The molecular weight excluding hydrogens is 189 g/mol. The number of ether oxygens (including phenoxy) is 1. The fourth-order valence-electron chi connectivity index (χ4n) is 0.797. The molecule has 7 heteroatoms. The number of rotatable bonds is 2. The summed E-state index contributed by atoms with van der Waals surface area (Å²) in [6.07, 6.45) is 0.489. The van der Waals surface area contributed by atoms with E-state index in [1.54, 1.807) is 0 Å². The van der Waals surface area contributed by atoms with E-state index in [9.17, 15) is 17.3 Å². The lowest BCUT2D eigenvalue weighted by Gasteiger charge is -2.15. The molecule has 0 amide bonds. The lowest BCUT2D eigenvalue weighted by Crippen LogP contribution is -2.36. The molecule has 0 bridgehead atoms. The molecule has 0 N–H and O–H groups in total. The Morgan fingerprint density at radius 1 is 1.38 bits per heavy atom. The number of aromatic nitrogens is 1. The van der Waals surface area contributed by atoms with Gasteiger partial charge in [-0.1, -0.05) is 5.46 Å². The predicted octanol–water partition coefficient (Wildman–Crippen LogP) is 1.28. The van der Waals surface area contributed by atoms with Gasteiger partial charge in [-0.15, -0.1) is 0 Å². The maximum absolute atomic E-state index is 12.6. The molecule has 0 spiro atoms. The van der Waals surface area contributed by atoms with Gasteiger partial charge in [-0.25, -0.2) is 9.37 Å². The molecule has 1 aromatic rings. The van der Waals surface area contributed by atoms with Gasteiger partial charge in [0.25, 0.3) is 0 Å². The van der Waals surface area contributed by atoms with Gasteiger partial charge in [-0.05, 0) is 6.07 Å². The van der Waals surface area contributed by atoms with Crippen LogP contribution in [0, 0.1) is 5.82 Å². The minimum atomic E-state index is -5.35. The normalized spacial score (nSPS) is 11.5. The summed E-state index contributed by atoms with van der Waals surface area (Å²) >= 11 is 0. The molecule has 0 atom stereocenters. The summed E-state index contributed by atoms with van der Waals surface area (Å²) in [4.78, 5) is 3.28. The van der Waals surface area contributed by atoms with Crippen molar-refractivity contribution in [3.63, 3.8) is 0 Å². The molecule has 2 nitrogen and oxygen atoms in total. The van der Waals surface area contributed by atoms with Crippen molar-refractivity contribution in [1.82, 2.24) is 4.98 Å². The number of halogens is 4. The van der Waals surface area contributed by atoms with Gasteiger partial charge < -0.3 is 17.7 Å². The zero-order valence-electron chi connectivity index (χ0n) is 6.60. The Labute approximate surface area is 71.6 Å². The van der Waals surface area contributed by atoms with Gasteiger partial charge in [-0.2, -0.15) is 0 Å². The third-order valence-corrected chi connectivity index (χ3v) is 1.42. The highest BCUT2D eigenvalue weighted by Gasteiger charge is 2.29. The number of methoxy groups -OCH3 is 1. The van der Waals surface area contributed by atoms with E-state index in [2.05, 4.69) is 9.72 Å². The van der Waals surface area contributed by atoms with Crippen LogP contribution in [0.15, 0.2) is 12.3 Å². The Balaban J connectivity index is 3.19. The minimum Gasteiger partial charge on any atom is -0.481 e. The Kier molecular flexibility index (Phi) is 2.44. The first-order chi connectivity index (χ1) is 5.95. The predicted molar refractivity (Wildman–Crippen MR) is 39.5 cm³/mol. The van der Waals surface area contributed by atoms with Crippen LogP contribution in [0.3, 0.4) is 0 Å². The van der Waals surface area contributed by atoms with Crippen molar-refractivity contribution in [2.75, 3.05) is 7.11 Å². The van der Waals surface area contributed by atoms with Crippen molar-refractivity contribution >= 4 is 12.4 Å². The lowest BCUT2D eigenvalue weighted by atomic mass is 9.80. The molecule has 0 aliphatic rings. The summed E-state index contributed by atoms with van der Waals surface area (Å²) in [6, 6.07) is 0.537. The van der Waals surface area contributed by atoms with Crippen LogP contribution in [0.1, 0.15) is 0 Å². The fourth-order valence-corrected chi connectivity index (χ4v) is 0.797. The van der Waals surface area contributed by atoms with Gasteiger partial charge in [0, 0.05) is 0 Å². The van der Waals surface area contributed by atoms with E-state index >= 15 is 0 Å². The smallest absolute Gasteiger partial charge is 0.481 e. The summed E-state index contributed by atoms with van der Waals surface area (Å²) in [6.45, 7) is -5.35. The van der Waals surface area contributed by atoms with Crippen LogP contribution in [-0.4, -0.2) is 19.1 Å². The number of nitrogens with zero attached hydrogens (tertiary/aromatic N) is 1. The molecule has 72 valence electrons. The van der Waals surface area contributed by atoms with Crippen molar-refractivity contribution in [2.45, 2.75) is 0 Å². The molecule has 13 heavy (non-hydrogen) atoms. The summed E-state index contributed by atoms with van der Waals surface area (Å²) in [7, 11) is 1.16. The molecule has 0 unspecified atom stereocenters. The molecule has 1 rings (SSSR count). The molecular formula is C6H5BF4NO-. The SMILES string of the molecule is COc1cc([B-](F)(F)F)c(F)cn1. The third-order valence-electron chi connectivity index (χ3n) is 1.42. The first-order valence-electron chi connectivity index (χ1n) is 3.34. The van der Waals surface area contributed by atoms with Crippen LogP contribution < -0.4 is 10.2 Å². The summed E-state index contributed by atoms with van der Waals surface area (Å²) < 4.78 is 53.3. The first-order valence-corrected chi connectivity index (χ1v) is 3.34. The molecule has 1 aromatic heterocycles. The van der Waals surface area contributed by atoms with Crippen molar-refractivity contribution < 1.29 is 22.1 Å². The van der Waals surface area contributed by atoms with Crippen molar-refractivity contribution in [1.29, 1.82) is 0 Å². The molecule has 1 heterocycles. The van der Waals surface area contributed by atoms with Crippen LogP contribution in [0.25, 0.3) is 0 Å². The number of pyridine rings is 1. The second-order valence-corrected chi connectivity index (χ2v) is 2.32. The number of hydrogen-bond donors (Lipinski definition) is 0. The van der Waals surface area contributed by atoms with E-state index in [1.807, 2.05) is 0 Å². The van der Waals surface area contributed by atoms with Gasteiger partial charge >= 0.3 is 6.98 Å². The second-order valence-electron chi connectivity index (χ2n) is 2.32. The second kappa shape index (κ2) is 3.23. The van der Waals surface area contributed by atoms with E-state index in [-0.39, 0.29) is 5.88 Å². The first kappa shape index (κ1) is 9.82. The average molecular weight is 194 g/mol. The highest BCUT2D eigenvalue weighted by Crippen LogP contribution is 2.14. The summed E-state index contributed by atoms with van der Waals surface area (Å²) in [5.74, 6) is -1.64. The van der Waals surface area contributed by atoms with E-state index in [0.717, 1.165) is 7.11 Å². The highest BCUT2D eigenvalue weighted by molar-refractivity contribution is 6.73. The topological polar surface area (TPSA) is 22.1 Å². The van der Waals surface area contributed by atoms with Crippen LogP contribution >= 0.6 is 0 Å². The van der Waals surface area contributed by atoms with Crippen LogP contribution in [0.2, 0.25) is 0 Å². The Bertz CT molecular complexity index is 314. The van der Waals surface area contributed by atoms with Crippen LogP contribution in [-0.2, 0) is 0 Å². The van der Waals surface area contributed by atoms with Crippen LogP contribution in [0.5, 0.6) is 5.88 Å². The summed E-state index contributed by atoms with van der Waals surface area (Å²) in [5.41, 5.74) is -1.31. The quantitative estimate of drug-likeness (QED) is 0.522. The molecule has 0 saturated heterocycles. The monoisotopic (exact) mass is 194 g/mol. The van der Waals surface area contributed by atoms with E-state index in [0.29, 0.717) is 12.3 Å². The molecule has 0 aromatic carbocycles. The summed E-state index contributed by atoms with van der Waals surface area (Å²) in [5, 5.41) is 0. The van der Waals surface area contributed by atoms with Gasteiger partial charge in [0.05, 0.1) is 13.3 Å². The average Bonchev–Trinajstić information content (AvgIpc) is 2.03. The molecule has 0 fully saturated rings. The van der Waals surface area contributed by atoms with Crippen molar-refractivity contribution in [2.24, 2.45) is 0 Å². The molecule has 0 saturated carbocycles.